The molecule has 4 heteroatoms. The fourth-order valence-corrected chi connectivity index (χ4v) is 3.61. The molecule has 0 radical (unpaired) electrons. The monoisotopic (exact) mass is 381 g/mol. The van der Waals surface area contributed by atoms with Gasteiger partial charge >= 0.3 is 0 Å². The Bertz CT molecular complexity index is 628. The molecule has 0 spiro atoms. The maximum absolute atomic E-state index is 6.38. The van der Waals surface area contributed by atoms with Gasteiger partial charge in [0.25, 0.3) is 0 Å². The SMILES string of the molecule is NC(c1ccc2c(c1)COC2)c1ccc(Br)cc1Br. The summed E-state index contributed by atoms with van der Waals surface area (Å²) >= 11 is 7.03. The van der Waals surface area contributed by atoms with E-state index in [1.807, 2.05) is 18.2 Å². The van der Waals surface area contributed by atoms with Crippen LogP contribution in [0.3, 0.4) is 0 Å². The van der Waals surface area contributed by atoms with E-state index in [-0.39, 0.29) is 6.04 Å². The Balaban J connectivity index is 1.97. The molecule has 0 bridgehead atoms. The Hall–Kier alpha value is -0.680. The van der Waals surface area contributed by atoms with Crippen molar-refractivity contribution in [2.24, 2.45) is 5.73 Å². The van der Waals surface area contributed by atoms with E-state index in [1.165, 1.54) is 11.1 Å². The summed E-state index contributed by atoms with van der Waals surface area (Å²) in [6, 6.07) is 12.3. The van der Waals surface area contributed by atoms with Gasteiger partial charge in [-0.1, -0.05) is 56.1 Å². The van der Waals surface area contributed by atoms with E-state index < -0.39 is 0 Å². The summed E-state index contributed by atoms with van der Waals surface area (Å²) in [5.74, 6) is 0. The molecule has 0 saturated heterocycles. The number of hydrogen-bond acceptors (Lipinski definition) is 2. The van der Waals surface area contributed by atoms with Gasteiger partial charge in [-0.15, -0.1) is 0 Å². The molecule has 0 fully saturated rings. The molecular formula is C15H13Br2NO. The summed E-state index contributed by atoms with van der Waals surface area (Å²) in [7, 11) is 0. The van der Waals surface area contributed by atoms with E-state index in [0.717, 1.165) is 20.1 Å². The van der Waals surface area contributed by atoms with Crippen molar-refractivity contribution in [2.75, 3.05) is 0 Å². The van der Waals surface area contributed by atoms with E-state index in [4.69, 9.17) is 10.5 Å². The van der Waals surface area contributed by atoms with Crippen molar-refractivity contribution in [1.29, 1.82) is 0 Å². The molecule has 1 aliphatic rings. The average molecular weight is 383 g/mol. The van der Waals surface area contributed by atoms with Gasteiger partial charge in [0, 0.05) is 8.95 Å². The van der Waals surface area contributed by atoms with Crippen LogP contribution in [0.25, 0.3) is 0 Å². The third-order valence-corrected chi connectivity index (χ3v) is 4.58. The first-order valence-electron chi connectivity index (χ1n) is 6.05. The summed E-state index contributed by atoms with van der Waals surface area (Å²) in [6.45, 7) is 1.41. The third-order valence-electron chi connectivity index (χ3n) is 3.40. The van der Waals surface area contributed by atoms with Crippen molar-refractivity contribution < 1.29 is 4.74 Å². The standard InChI is InChI=1S/C15H13Br2NO/c16-12-3-4-13(14(17)6-12)15(18)9-1-2-10-7-19-8-11(10)5-9/h1-6,15H,7-8,18H2. The van der Waals surface area contributed by atoms with Gasteiger partial charge in [-0.3, -0.25) is 0 Å². The van der Waals surface area contributed by atoms with Crippen LogP contribution < -0.4 is 5.73 Å². The first-order valence-corrected chi connectivity index (χ1v) is 7.64. The fourth-order valence-electron chi connectivity index (χ4n) is 2.32. The quantitative estimate of drug-likeness (QED) is 0.840. The molecule has 2 nitrogen and oxygen atoms in total. The number of nitrogens with two attached hydrogens (primary N) is 1. The highest BCUT2D eigenvalue weighted by Crippen LogP contribution is 2.31. The second-order valence-electron chi connectivity index (χ2n) is 4.66. The molecule has 2 N–H and O–H groups in total. The lowest BCUT2D eigenvalue weighted by Gasteiger charge is -2.15. The molecule has 0 aromatic heterocycles. The number of ether oxygens (including phenoxy) is 1. The predicted octanol–water partition coefficient (Wildman–Crippen LogP) is 4.29. The number of rotatable bonds is 2. The molecule has 1 atom stereocenters. The highest BCUT2D eigenvalue weighted by molar-refractivity contribution is 9.11. The predicted molar refractivity (Wildman–Crippen MR) is 82.8 cm³/mol. The van der Waals surface area contributed by atoms with Crippen LogP contribution >= 0.6 is 31.9 Å². The topological polar surface area (TPSA) is 35.2 Å². The van der Waals surface area contributed by atoms with E-state index in [1.54, 1.807) is 0 Å². The Morgan fingerprint density at radius 1 is 1.00 bits per heavy atom. The molecule has 0 saturated carbocycles. The van der Waals surface area contributed by atoms with Crippen LogP contribution in [0.15, 0.2) is 45.3 Å². The van der Waals surface area contributed by atoms with Gasteiger partial charge in [0.2, 0.25) is 0 Å². The van der Waals surface area contributed by atoms with E-state index in [0.29, 0.717) is 13.2 Å². The van der Waals surface area contributed by atoms with Crippen LogP contribution in [0, 0.1) is 0 Å². The zero-order valence-electron chi connectivity index (χ0n) is 10.2. The highest BCUT2D eigenvalue weighted by atomic mass is 79.9. The van der Waals surface area contributed by atoms with Gasteiger partial charge in [-0.25, -0.2) is 0 Å². The maximum atomic E-state index is 6.38. The van der Waals surface area contributed by atoms with Crippen LogP contribution in [0.4, 0.5) is 0 Å². The largest absolute Gasteiger partial charge is 0.372 e. The number of benzene rings is 2. The summed E-state index contributed by atoms with van der Waals surface area (Å²) in [6.07, 6.45) is 0. The van der Waals surface area contributed by atoms with Crippen molar-refractivity contribution in [3.63, 3.8) is 0 Å². The first-order chi connectivity index (χ1) is 9.15. The summed E-state index contributed by atoms with van der Waals surface area (Å²) in [4.78, 5) is 0. The van der Waals surface area contributed by atoms with Crippen LogP contribution in [-0.4, -0.2) is 0 Å². The van der Waals surface area contributed by atoms with Crippen LogP contribution in [-0.2, 0) is 18.0 Å². The average Bonchev–Trinajstić information content (AvgIpc) is 2.85. The molecular weight excluding hydrogens is 370 g/mol. The van der Waals surface area contributed by atoms with Gasteiger partial charge < -0.3 is 10.5 Å². The van der Waals surface area contributed by atoms with Gasteiger partial charge in [-0.05, 0) is 34.4 Å². The van der Waals surface area contributed by atoms with E-state index >= 15 is 0 Å². The second kappa shape index (κ2) is 5.37. The normalized spacial score (nSPS) is 15.3. The van der Waals surface area contributed by atoms with Gasteiger partial charge in [0.15, 0.2) is 0 Å². The number of fused-ring (bicyclic) bond motifs is 1. The Morgan fingerprint density at radius 2 is 1.79 bits per heavy atom. The first kappa shape index (κ1) is 13.3. The van der Waals surface area contributed by atoms with Crippen molar-refractivity contribution >= 4 is 31.9 Å². The minimum Gasteiger partial charge on any atom is -0.372 e. The lowest BCUT2D eigenvalue weighted by atomic mass is 9.96. The van der Waals surface area contributed by atoms with E-state index in [9.17, 15) is 0 Å². The molecule has 1 unspecified atom stereocenters. The lowest BCUT2D eigenvalue weighted by Crippen LogP contribution is -2.12. The molecule has 3 rings (SSSR count). The lowest BCUT2D eigenvalue weighted by molar-refractivity contribution is 0.134. The zero-order valence-corrected chi connectivity index (χ0v) is 13.4. The third kappa shape index (κ3) is 2.63. The molecule has 98 valence electrons. The van der Waals surface area contributed by atoms with Crippen molar-refractivity contribution in [3.8, 4) is 0 Å². The van der Waals surface area contributed by atoms with Crippen LogP contribution in [0.1, 0.15) is 28.3 Å². The Kier molecular flexibility index (Phi) is 3.76. The van der Waals surface area contributed by atoms with Crippen LogP contribution in [0.5, 0.6) is 0 Å². The molecule has 2 aromatic rings. The highest BCUT2D eigenvalue weighted by Gasteiger charge is 2.16. The van der Waals surface area contributed by atoms with E-state index in [2.05, 4.69) is 50.1 Å². The number of hydrogen-bond donors (Lipinski definition) is 1. The maximum Gasteiger partial charge on any atom is 0.0725 e. The van der Waals surface area contributed by atoms with Crippen molar-refractivity contribution in [2.45, 2.75) is 19.3 Å². The molecule has 1 aliphatic heterocycles. The fraction of sp³-hybridized carbons (Fsp3) is 0.200. The Labute approximate surface area is 129 Å². The molecule has 0 amide bonds. The summed E-state index contributed by atoms with van der Waals surface area (Å²) in [5, 5.41) is 0. The van der Waals surface area contributed by atoms with Crippen LogP contribution in [0.2, 0.25) is 0 Å². The molecule has 0 aliphatic carbocycles. The van der Waals surface area contributed by atoms with Gasteiger partial charge in [0.05, 0.1) is 19.3 Å². The van der Waals surface area contributed by atoms with Gasteiger partial charge in [-0.2, -0.15) is 0 Å². The molecule has 1 heterocycles. The summed E-state index contributed by atoms with van der Waals surface area (Å²) in [5.41, 5.74) is 11.1. The number of halogens is 2. The minimum absolute atomic E-state index is 0.131. The molecule has 2 aromatic carbocycles. The molecule has 19 heavy (non-hydrogen) atoms. The smallest absolute Gasteiger partial charge is 0.0725 e. The van der Waals surface area contributed by atoms with Crippen molar-refractivity contribution in [1.82, 2.24) is 0 Å². The Morgan fingerprint density at radius 3 is 2.58 bits per heavy atom. The zero-order chi connectivity index (χ0) is 13.4. The minimum atomic E-state index is -0.131. The van der Waals surface area contributed by atoms with Crippen molar-refractivity contribution in [3.05, 3.63) is 67.6 Å². The second-order valence-corrected chi connectivity index (χ2v) is 6.43. The summed E-state index contributed by atoms with van der Waals surface area (Å²) < 4.78 is 7.50. The van der Waals surface area contributed by atoms with Gasteiger partial charge in [0.1, 0.15) is 0 Å².